The van der Waals surface area contributed by atoms with Crippen LogP contribution in [0.3, 0.4) is 0 Å². The van der Waals surface area contributed by atoms with Gasteiger partial charge in [-0.25, -0.2) is 4.98 Å². The normalized spacial score (nSPS) is 12.2. The van der Waals surface area contributed by atoms with E-state index in [1.165, 1.54) is 0 Å². The summed E-state index contributed by atoms with van der Waals surface area (Å²) in [5, 5.41) is 8.97. The first-order valence-corrected chi connectivity index (χ1v) is 5.88. The summed E-state index contributed by atoms with van der Waals surface area (Å²) >= 11 is 0. The molecule has 0 aromatic carbocycles. The smallest absolute Gasteiger partial charge is 0.163 e. The molecule has 0 saturated heterocycles. The zero-order chi connectivity index (χ0) is 12.8. The largest absolute Gasteiger partial charge is 0.372 e. The number of aromatic nitrogens is 1. The van der Waals surface area contributed by atoms with E-state index in [-0.39, 0.29) is 6.04 Å². The maximum absolute atomic E-state index is 8.97. The number of rotatable bonds is 5. The van der Waals surface area contributed by atoms with Crippen LogP contribution in [0.25, 0.3) is 0 Å². The summed E-state index contributed by atoms with van der Waals surface area (Å²) in [7, 11) is 1.96. The van der Waals surface area contributed by atoms with E-state index in [2.05, 4.69) is 24.9 Å². The first-order valence-electron chi connectivity index (χ1n) is 5.88. The van der Waals surface area contributed by atoms with Crippen LogP contribution in [-0.2, 0) is 0 Å². The van der Waals surface area contributed by atoms with Crippen LogP contribution < -0.4 is 10.6 Å². The molecule has 1 unspecified atom stereocenters. The zero-order valence-corrected chi connectivity index (χ0v) is 10.7. The van der Waals surface area contributed by atoms with E-state index in [0.717, 1.165) is 18.7 Å². The Hall–Kier alpha value is -1.60. The third kappa shape index (κ3) is 3.72. The van der Waals surface area contributed by atoms with E-state index in [1.54, 1.807) is 6.20 Å². The number of hydrogen-bond donors (Lipinski definition) is 1. The molecule has 1 aromatic rings. The summed E-state index contributed by atoms with van der Waals surface area (Å²) < 4.78 is 0. The minimum Gasteiger partial charge on any atom is -0.372 e. The van der Waals surface area contributed by atoms with Crippen LogP contribution in [0.2, 0.25) is 0 Å². The molecule has 4 nitrogen and oxygen atoms in total. The molecule has 0 fully saturated rings. The molecular formula is C13H20N4. The van der Waals surface area contributed by atoms with Crippen LogP contribution in [0.15, 0.2) is 18.3 Å². The summed E-state index contributed by atoms with van der Waals surface area (Å²) in [6.45, 7) is 5.07. The Bertz CT molecular complexity index is 395. The summed E-state index contributed by atoms with van der Waals surface area (Å²) in [5.41, 5.74) is 7.34. The van der Waals surface area contributed by atoms with Crippen LogP contribution in [0.1, 0.15) is 26.0 Å². The van der Waals surface area contributed by atoms with Crippen LogP contribution >= 0.6 is 0 Å². The van der Waals surface area contributed by atoms with E-state index in [1.807, 2.05) is 24.1 Å². The van der Waals surface area contributed by atoms with Crippen LogP contribution in [0.5, 0.6) is 0 Å². The minimum atomic E-state index is 0.194. The SMILES string of the molecule is CC(C)C(N)CCN(C)c1cccnc1C#N. The lowest BCUT2D eigenvalue weighted by molar-refractivity contribution is 0.466. The minimum absolute atomic E-state index is 0.194. The molecule has 0 bridgehead atoms. The number of anilines is 1. The van der Waals surface area contributed by atoms with E-state index in [4.69, 9.17) is 11.0 Å². The molecule has 0 saturated carbocycles. The summed E-state index contributed by atoms with van der Waals surface area (Å²) in [4.78, 5) is 6.08. The fraction of sp³-hybridized carbons (Fsp3) is 0.538. The fourth-order valence-electron chi connectivity index (χ4n) is 1.59. The molecule has 2 N–H and O–H groups in total. The average molecular weight is 232 g/mol. The van der Waals surface area contributed by atoms with Gasteiger partial charge in [-0.1, -0.05) is 13.8 Å². The fourth-order valence-corrected chi connectivity index (χ4v) is 1.59. The second kappa shape index (κ2) is 6.21. The number of nitriles is 1. The lowest BCUT2D eigenvalue weighted by Gasteiger charge is -2.23. The highest BCUT2D eigenvalue weighted by atomic mass is 15.1. The van der Waals surface area contributed by atoms with E-state index >= 15 is 0 Å². The highest BCUT2D eigenvalue weighted by molar-refractivity contribution is 5.54. The Morgan fingerprint density at radius 3 is 2.82 bits per heavy atom. The molecule has 1 aromatic heterocycles. The molecule has 4 heteroatoms. The lowest BCUT2D eigenvalue weighted by Crippen LogP contribution is -2.32. The number of nitrogens with two attached hydrogens (primary N) is 1. The molecular weight excluding hydrogens is 212 g/mol. The Labute approximate surface area is 103 Å². The van der Waals surface area contributed by atoms with Gasteiger partial charge < -0.3 is 10.6 Å². The second-order valence-electron chi connectivity index (χ2n) is 4.60. The van der Waals surface area contributed by atoms with Gasteiger partial charge in [0.1, 0.15) is 6.07 Å². The van der Waals surface area contributed by atoms with Crippen molar-refractivity contribution in [1.29, 1.82) is 5.26 Å². The number of nitrogens with zero attached hydrogens (tertiary/aromatic N) is 3. The Balaban J connectivity index is 2.64. The summed E-state index contributed by atoms with van der Waals surface area (Å²) in [5.74, 6) is 0.479. The molecule has 1 rings (SSSR count). The Kier molecular flexibility index (Phi) is 4.92. The van der Waals surface area contributed by atoms with Gasteiger partial charge in [-0.05, 0) is 24.5 Å². The zero-order valence-electron chi connectivity index (χ0n) is 10.7. The van der Waals surface area contributed by atoms with Gasteiger partial charge in [0.25, 0.3) is 0 Å². The highest BCUT2D eigenvalue weighted by Crippen LogP contribution is 2.16. The third-order valence-electron chi connectivity index (χ3n) is 2.96. The first-order chi connectivity index (χ1) is 8.06. The Morgan fingerprint density at radius 1 is 1.53 bits per heavy atom. The molecule has 1 heterocycles. The van der Waals surface area contributed by atoms with Crippen molar-refractivity contribution in [2.24, 2.45) is 11.7 Å². The Morgan fingerprint density at radius 2 is 2.24 bits per heavy atom. The maximum Gasteiger partial charge on any atom is 0.163 e. The number of pyridine rings is 1. The first kappa shape index (κ1) is 13.5. The van der Waals surface area contributed by atoms with Crippen molar-refractivity contribution in [3.63, 3.8) is 0 Å². The van der Waals surface area contributed by atoms with Crippen molar-refractivity contribution in [3.8, 4) is 6.07 Å². The van der Waals surface area contributed by atoms with Crippen LogP contribution in [0.4, 0.5) is 5.69 Å². The van der Waals surface area contributed by atoms with Gasteiger partial charge in [-0.2, -0.15) is 5.26 Å². The highest BCUT2D eigenvalue weighted by Gasteiger charge is 2.11. The standard InChI is InChI=1S/C13H20N4/c1-10(2)11(15)6-8-17(3)13-5-4-7-16-12(13)9-14/h4-5,7,10-11H,6,8,15H2,1-3H3. The average Bonchev–Trinajstić information content (AvgIpc) is 2.35. The van der Waals surface area contributed by atoms with Gasteiger partial charge in [0, 0.05) is 25.8 Å². The van der Waals surface area contributed by atoms with Crippen molar-refractivity contribution in [2.75, 3.05) is 18.5 Å². The molecule has 0 radical (unpaired) electrons. The van der Waals surface area contributed by atoms with Crippen LogP contribution in [-0.4, -0.2) is 24.6 Å². The molecule has 17 heavy (non-hydrogen) atoms. The van der Waals surface area contributed by atoms with Crippen molar-refractivity contribution < 1.29 is 0 Å². The van der Waals surface area contributed by atoms with Gasteiger partial charge in [0.05, 0.1) is 5.69 Å². The summed E-state index contributed by atoms with van der Waals surface area (Å²) in [6.07, 6.45) is 2.55. The van der Waals surface area contributed by atoms with Gasteiger partial charge in [-0.15, -0.1) is 0 Å². The maximum atomic E-state index is 8.97. The third-order valence-corrected chi connectivity index (χ3v) is 2.96. The lowest BCUT2D eigenvalue weighted by atomic mass is 10.0. The number of hydrogen-bond acceptors (Lipinski definition) is 4. The predicted molar refractivity (Wildman–Crippen MR) is 69.7 cm³/mol. The van der Waals surface area contributed by atoms with Crippen molar-refractivity contribution >= 4 is 5.69 Å². The van der Waals surface area contributed by atoms with Gasteiger partial charge in [-0.3, -0.25) is 0 Å². The van der Waals surface area contributed by atoms with E-state index in [9.17, 15) is 0 Å². The van der Waals surface area contributed by atoms with Gasteiger partial charge >= 0.3 is 0 Å². The quantitative estimate of drug-likeness (QED) is 0.840. The van der Waals surface area contributed by atoms with Crippen molar-refractivity contribution in [3.05, 3.63) is 24.0 Å². The van der Waals surface area contributed by atoms with Crippen LogP contribution in [0, 0.1) is 17.2 Å². The molecule has 92 valence electrons. The topological polar surface area (TPSA) is 65.9 Å². The van der Waals surface area contributed by atoms with Crippen molar-refractivity contribution in [2.45, 2.75) is 26.3 Å². The molecule has 0 aliphatic heterocycles. The van der Waals surface area contributed by atoms with Gasteiger partial charge in [0.15, 0.2) is 5.69 Å². The molecule has 0 spiro atoms. The molecule has 0 aliphatic rings. The molecule has 1 atom stereocenters. The van der Waals surface area contributed by atoms with Gasteiger partial charge in [0.2, 0.25) is 0 Å². The van der Waals surface area contributed by atoms with Crippen molar-refractivity contribution in [1.82, 2.24) is 4.98 Å². The van der Waals surface area contributed by atoms with E-state index < -0.39 is 0 Å². The molecule has 0 amide bonds. The molecule has 0 aliphatic carbocycles. The van der Waals surface area contributed by atoms with E-state index in [0.29, 0.717) is 11.6 Å². The second-order valence-corrected chi connectivity index (χ2v) is 4.60. The predicted octanol–water partition coefficient (Wildman–Crippen LogP) is 1.76. The summed E-state index contributed by atoms with van der Waals surface area (Å²) in [6, 6.07) is 6.05. The monoisotopic (exact) mass is 232 g/mol.